The van der Waals surface area contributed by atoms with E-state index in [1.165, 1.54) is 30.4 Å². The van der Waals surface area contributed by atoms with Crippen molar-refractivity contribution in [1.29, 1.82) is 0 Å². The van der Waals surface area contributed by atoms with Gasteiger partial charge in [0.25, 0.3) is 0 Å². The Morgan fingerprint density at radius 1 is 1.11 bits per heavy atom. The number of hydrogen-bond acceptors (Lipinski definition) is 7. The van der Waals surface area contributed by atoms with Crippen LogP contribution in [0.4, 0.5) is 5.69 Å². The molecule has 0 fully saturated rings. The summed E-state index contributed by atoms with van der Waals surface area (Å²) in [7, 11) is -3.98. The van der Waals surface area contributed by atoms with Crippen molar-refractivity contribution >= 4 is 49.0 Å². The van der Waals surface area contributed by atoms with E-state index in [9.17, 15) is 13.2 Å². The highest BCUT2D eigenvalue weighted by atomic mass is 32.2. The number of anilines is 1. The monoisotopic (exact) mass is 509 g/mol. The zero-order chi connectivity index (χ0) is 25.0. The summed E-state index contributed by atoms with van der Waals surface area (Å²) < 4.78 is 30.4. The number of carbonyl (C=O) groups is 1. The number of para-hydroxylation sites is 1. The molecular weight excluding hydrogens is 486 g/mol. The molecule has 35 heavy (non-hydrogen) atoms. The van der Waals surface area contributed by atoms with Crippen LogP contribution in [0, 0.1) is 0 Å². The Morgan fingerprint density at radius 2 is 1.89 bits per heavy atom. The zero-order valence-corrected chi connectivity index (χ0v) is 20.3. The van der Waals surface area contributed by atoms with Gasteiger partial charge in [0.15, 0.2) is 5.84 Å². The maximum atomic E-state index is 13.4. The maximum absolute atomic E-state index is 13.4. The van der Waals surface area contributed by atoms with E-state index in [2.05, 4.69) is 20.2 Å². The largest absolute Gasteiger partial charge is 0.409 e. The molecule has 11 heteroatoms. The minimum Gasteiger partial charge on any atom is -0.409 e. The van der Waals surface area contributed by atoms with Crippen molar-refractivity contribution in [2.75, 3.05) is 5.32 Å². The second-order valence-corrected chi connectivity index (χ2v) is 10.6. The van der Waals surface area contributed by atoms with Gasteiger partial charge in [0.05, 0.1) is 21.2 Å². The number of hydrogen-bond donors (Lipinski definition) is 4. The van der Waals surface area contributed by atoms with Crippen molar-refractivity contribution in [3.8, 4) is 0 Å². The number of rotatable bonds is 8. The van der Waals surface area contributed by atoms with Crippen molar-refractivity contribution in [3.63, 3.8) is 0 Å². The molecule has 1 atom stereocenters. The van der Waals surface area contributed by atoms with Crippen LogP contribution in [0.2, 0.25) is 0 Å². The minimum absolute atomic E-state index is 0.0141. The quantitative estimate of drug-likeness (QED) is 0.123. The number of oxime groups is 1. The third-order valence-electron chi connectivity index (χ3n) is 5.14. The molecule has 4 rings (SSSR count). The standard InChI is InChI=1S/C24H23N5O4S2/c1-15(30)26-18-8-5-9-19(14-18)35(32,33)29-21(24-27-20-10-2-3-11-22(20)34-24)13-16-6-4-7-17(12-16)23(25)28-31/h2-12,14,21,29,31H,13H2,1H3,(H2,25,28)(H,26,30). The number of amidine groups is 1. The van der Waals surface area contributed by atoms with Gasteiger partial charge in [-0.3, -0.25) is 4.79 Å². The summed E-state index contributed by atoms with van der Waals surface area (Å²) >= 11 is 1.40. The van der Waals surface area contributed by atoms with Crippen LogP contribution >= 0.6 is 11.3 Å². The molecule has 1 aromatic heterocycles. The fraction of sp³-hybridized carbons (Fsp3) is 0.125. The number of sulfonamides is 1. The third kappa shape index (κ3) is 5.83. The number of fused-ring (bicyclic) bond motifs is 1. The highest BCUT2D eigenvalue weighted by Gasteiger charge is 2.25. The van der Waals surface area contributed by atoms with E-state index in [1.54, 1.807) is 30.3 Å². The molecule has 4 aromatic rings. The summed E-state index contributed by atoms with van der Waals surface area (Å²) in [5.74, 6) is -0.343. The number of nitrogens with one attached hydrogen (secondary N) is 2. The molecule has 0 radical (unpaired) electrons. The molecular formula is C24H23N5O4S2. The predicted molar refractivity (Wildman–Crippen MR) is 136 cm³/mol. The maximum Gasteiger partial charge on any atom is 0.241 e. The van der Waals surface area contributed by atoms with Crippen LogP contribution in [0.5, 0.6) is 0 Å². The van der Waals surface area contributed by atoms with Crippen LogP contribution in [0.15, 0.2) is 82.8 Å². The van der Waals surface area contributed by atoms with Gasteiger partial charge in [-0.15, -0.1) is 11.3 Å². The number of nitrogens with zero attached hydrogens (tertiary/aromatic N) is 2. The number of aromatic nitrogens is 1. The first-order chi connectivity index (χ1) is 16.7. The van der Waals surface area contributed by atoms with Crippen molar-refractivity contribution in [2.24, 2.45) is 10.9 Å². The van der Waals surface area contributed by atoms with E-state index in [4.69, 9.17) is 10.9 Å². The minimum atomic E-state index is -3.98. The van der Waals surface area contributed by atoms with Crippen LogP contribution < -0.4 is 15.8 Å². The Labute approximate surface area is 206 Å². The fourth-order valence-electron chi connectivity index (χ4n) is 3.57. The number of nitrogens with two attached hydrogens (primary N) is 1. The fourth-order valence-corrected chi connectivity index (χ4v) is 5.91. The average Bonchev–Trinajstić information content (AvgIpc) is 3.27. The molecule has 0 bridgehead atoms. The van der Waals surface area contributed by atoms with Gasteiger partial charge in [-0.05, 0) is 48.4 Å². The molecule has 0 aliphatic heterocycles. The van der Waals surface area contributed by atoms with Crippen LogP contribution in [-0.4, -0.2) is 30.4 Å². The Bertz CT molecular complexity index is 1480. The van der Waals surface area contributed by atoms with Gasteiger partial charge < -0.3 is 16.3 Å². The van der Waals surface area contributed by atoms with Gasteiger partial charge in [-0.25, -0.2) is 18.1 Å². The number of benzene rings is 3. The lowest BCUT2D eigenvalue weighted by Gasteiger charge is -2.18. The summed E-state index contributed by atoms with van der Waals surface area (Å²) in [5.41, 5.74) is 8.17. The lowest BCUT2D eigenvalue weighted by atomic mass is 10.0. The van der Waals surface area contributed by atoms with Crippen molar-refractivity contribution in [1.82, 2.24) is 9.71 Å². The lowest BCUT2D eigenvalue weighted by molar-refractivity contribution is -0.114. The van der Waals surface area contributed by atoms with E-state index in [-0.39, 0.29) is 23.1 Å². The molecule has 9 nitrogen and oxygen atoms in total. The lowest BCUT2D eigenvalue weighted by Crippen LogP contribution is -2.30. The Morgan fingerprint density at radius 3 is 2.63 bits per heavy atom. The summed E-state index contributed by atoms with van der Waals surface area (Å²) in [4.78, 5) is 16.1. The van der Waals surface area contributed by atoms with Gasteiger partial charge in [-0.2, -0.15) is 0 Å². The van der Waals surface area contributed by atoms with E-state index >= 15 is 0 Å². The van der Waals surface area contributed by atoms with Crippen LogP contribution in [0.1, 0.15) is 29.1 Å². The first-order valence-corrected chi connectivity index (χ1v) is 12.9. The number of carbonyl (C=O) groups excluding carboxylic acids is 1. The van der Waals surface area contributed by atoms with E-state index in [0.29, 0.717) is 16.3 Å². The SMILES string of the molecule is CC(=O)Nc1cccc(S(=O)(=O)NC(Cc2cccc(C(N)=NO)c2)c2nc3ccccc3s2)c1. The molecule has 3 aromatic carbocycles. The summed E-state index contributed by atoms with van der Waals surface area (Å²) in [6.45, 7) is 1.35. The predicted octanol–water partition coefficient (Wildman–Crippen LogP) is 3.61. The van der Waals surface area contributed by atoms with Crippen molar-refractivity contribution < 1.29 is 18.4 Å². The highest BCUT2D eigenvalue weighted by molar-refractivity contribution is 7.89. The molecule has 1 unspecified atom stereocenters. The van der Waals surface area contributed by atoms with Crippen LogP contribution in [0.25, 0.3) is 10.2 Å². The van der Waals surface area contributed by atoms with Crippen molar-refractivity contribution in [2.45, 2.75) is 24.3 Å². The normalized spacial score (nSPS) is 13.0. The van der Waals surface area contributed by atoms with Gasteiger partial charge in [0.2, 0.25) is 15.9 Å². The van der Waals surface area contributed by atoms with E-state index in [1.807, 2.05) is 30.3 Å². The summed E-state index contributed by atoms with van der Waals surface area (Å²) in [5, 5.41) is 15.2. The number of thiazole rings is 1. The molecule has 0 saturated heterocycles. The molecule has 0 aliphatic rings. The number of amides is 1. The van der Waals surface area contributed by atoms with Gasteiger partial charge in [-0.1, -0.05) is 41.6 Å². The Balaban J connectivity index is 1.71. The molecule has 1 amide bonds. The summed E-state index contributed by atoms with van der Waals surface area (Å²) in [6, 6.07) is 19.9. The van der Waals surface area contributed by atoms with Gasteiger partial charge in [0, 0.05) is 18.2 Å². The first-order valence-electron chi connectivity index (χ1n) is 10.6. The second kappa shape index (κ2) is 10.2. The van der Waals surface area contributed by atoms with E-state index < -0.39 is 16.1 Å². The van der Waals surface area contributed by atoms with Gasteiger partial charge >= 0.3 is 0 Å². The smallest absolute Gasteiger partial charge is 0.241 e. The molecule has 0 saturated carbocycles. The second-order valence-electron chi connectivity index (χ2n) is 7.79. The molecule has 180 valence electrons. The zero-order valence-electron chi connectivity index (χ0n) is 18.7. The topological polar surface area (TPSA) is 147 Å². The summed E-state index contributed by atoms with van der Waals surface area (Å²) in [6.07, 6.45) is 0.275. The van der Waals surface area contributed by atoms with Crippen LogP contribution in [0.3, 0.4) is 0 Å². The van der Waals surface area contributed by atoms with Gasteiger partial charge in [0.1, 0.15) is 5.01 Å². The third-order valence-corrected chi connectivity index (χ3v) is 7.76. The first kappa shape index (κ1) is 24.3. The molecule has 1 heterocycles. The average molecular weight is 510 g/mol. The molecule has 0 spiro atoms. The highest BCUT2D eigenvalue weighted by Crippen LogP contribution is 2.30. The van der Waals surface area contributed by atoms with Crippen LogP contribution in [-0.2, 0) is 21.2 Å². The van der Waals surface area contributed by atoms with E-state index in [0.717, 1.165) is 15.8 Å². The Kier molecular flexibility index (Phi) is 7.10. The molecule has 0 aliphatic carbocycles. The van der Waals surface area contributed by atoms with Crippen molar-refractivity contribution in [3.05, 3.63) is 88.9 Å². The Hall–Kier alpha value is -3.80. The molecule has 5 N–H and O–H groups in total.